The molecule has 0 spiro atoms. The van der Waals surface area contributed by atoms with E-state index in [1.54, 1.807) is 0 Å². The minimum absolute atomic E-state index is 0.495. The van der Waals surface area contributed by atoms with Gasteiger partial charge in [-0.15, -0.1) is 0 Å². The molecule has 148 heavy (non-hydrogen) atoms. The van der Waals surface area contributed by atoms with Gasteiger partial charge in [0.25, 0.3) is 0 Å². The second-order valence-electron chi connectivity index (χ2n) is 48.0. The van der Waals surface area contributed by atoms with Crippen LogP contribution in [0.2, 0.25) is 0 Å². The molecule has 862 valence electrons. The smallest absolute Gasteiger partial charge is 0.133 e. The zero-order valence-corrected chi connectivity index (χ0v) is 102. The maximum absolute atomic E-state index is 7.64. The van der Waals surface area contributed by atoms with Crippen molar-refractivity contribution in [2.75, 3.05) is 39.6 Å². The highest BCUT2D eigenvalue weighted by atomic mass is 16.5. The Balaban J connectivity index is 2.53. The fourth-order valence-electron chi connectivity index (χ4n) is 23.0. The van der Waals surface area contributed by atoms with Crippen LogP contribution < -0.4 is 28.4 Å². The van der Waals surface area contributed by atoms with Gasteiger partial charge in [-0.1, -0.05) is 659 Å². The first kappa shape index (κ1) is 138. The van der Waals surface area contributed by atoms with Gasteiger partial charge in [-0.2, -0.15) is 0 Å². The van der Waals surface area contributed by atoms with E-state index in [9.17, 15) is 0 Å². The highest BCUT2D eigenvalue weighted by molar-refractivity contribution is 5.79. The lowest BCUT2D eigenvalue weighted by molar-refractivity contribution is 0.204. The molecule has 0 aliphatic heterocycles. The zero-order valence-electron chi connectivity index (χ0n) is 102. The van der Waals surface area contributed by atoms with Gasteiger partial charge in [0, 0.05) is 24.3 Å². The van der Waals surface area contributed by atoms with E-state index < -0.39 is 0 Å². The normalized spacial score (nSPS) is 13.1. The van der Waals surface area contributed by atoms with Crippen molar-refractivity contribution < 1.29 is 28.4 Å². The van der Waals surface area contributed by atoms with Crippen LogP contribution in [0.4, 0.5) is 0 Å². The average Bonchev–Trinajstić information content (AvgIpc) is 0.818. The number of ether oxygens (including phenoxy) is 6. The summed E-state index contributed by atoms with van der Waals surface area (Å²) in [7, 11) is 0. The molecule has 3 aromatic carbocycles. The lowest BCUT2D eigenvalue weighted by Crippen LogP contribution is -2.16. The summed E-state index contributed by atoms with van der Waals surface area (Å²) in [6.07, 6.45) is 137. The van der Waals surface area contributed by atoms with Crippen molar-refractivity contribution >= 4 is 24.3 Å². The van der Waals surface area contributed by atoms with E-state index in [1.165, 1.54) is 628 Å². The predicted molar refractivity (Wildman–Crippen MR) is 662 cm³/mol. The summed E-state index contributed by atoms with van der Waals surface area (Å²) in [5, 5.41) is 0. The summed E-state index contributed by atoms with van der Waals surface area (Å²) in [6, 6.07) is 18.8. The molecule has 0 aliphatic carbocycles. The molecule has 0 saturated carbocycles. The molecule has 0 heterocycles. The molecule has 6 atom stereocenters. The number of rotatable bonds is 118. The minimum atomic E-state index is 0.495. The molecular weight excluding hydrogens is 1800 g/mol. The van der Waals surface area contributed by atoms with Gasteiger partial charge in [-0.25, -0.2) is 0 Å². The summed E-state index contributed by atoms with van der Waals surface area (Å²) in [5.74, 6) is 8.61. The van der Waals surface area contributed by atoms with Crippen molar-refractivity contribution in [2.24, 2.45) is 35.5 Å². The van der Waals surface area contributed by atoms with Gasteiger partial charge in [0.2, 0.25) is 0 Å². The SMILES string of the molecule is CCCCCCCCCCC(CCCCCCCC)COc1cc(OCC(CCCCCCCC)CCCCCCCCCC)c(C=Cc2ccc(C=Cc3c(OCC(CCCCCCCC)CCCCCCCCCC)cc(OCC(CCCCCCCC)CCCCCCCCCC)cc3OCC(CCCCCCCC)CCCCCCCCCC)cc2)c(OCC(CCCCCCCC)CCCCCCCCCC)c1. The maximum Gasteiger partial charge on any atom is 0.133 e. The molecule has 3 rings (SSSR count). The van der Waals surface area contributed by atoms with E-state index in [2.05, 4.69) is 156 Å². The predicted octanol–water partition coefficient (Wildman–Crippen LogP) is 49.7. The third-order valence-corrected chi connectivity index (χ3v) is 33.4. The van der Waals surface area contributed by atoms with Crippen LogP contribution in [0.5, 0.6) is 34.5 Å². The Morgan fingerprint density at radius 2 is 0.257 bits per heavy atom. The monoisotopic (exact) mass is 2060 g/mol. The van der Waals surface area contributed by atoms with Gasteiger partial charge in [-0.05, 0) is 136 Å². The molecular formula is C142H258O6. The van der Waals surface area contributed by atoms with E-state index >= 15 is 0 Å². The topological polar surface area (TPSA) is 55.4 Å². The Morgan fingerprint density at radius 3 is 0.385 bits per heavy atom. The second kappa shape index (κ2) is 107. The van der Waals surface area contributed by atoms with Crippen molar-refractivity contribution in [3.05, 3.63) is 70.8 Å². The van der Waals surface area contributed by atoms with E-state index in [0.717, 1.165) is 85.3 Å². The van der Waals surface area contributed by atoms with Gasteiger partial charge in [0.15, 0.2) is 0 Å². The molecule has 0 fully saturated rings. The first-order valence-electron chi connectivity index (χ1n) is 67.7. The number of hydrogen-bond acceptors (Lipinski definition) is 6. The lowest BCUT2D eigenvalue weighted by atomic mass is 9.94. The van der Waals surface area contributed by atoms with Gasteiger partial charge in [0.1, 0.15) is 34.5 Å². The van der Waals surface area contributed by atoms with Crippen molar-refractivity contribution in [1.29, 1.82) is 0 Å². The first-order valence-corrected chi connectivity index (χ1v) is 67.7. The molecule has 0 amide bonds. The highest BCUT2D eigenvalue weighted by Crippen LogP contribution is 2.42. The van der Waals surface area contributed by atoms with E-state index in [1.807, 2.05) is 0 Å². The maximum atomic E-state index is 7.64. The van der Waals surface area contributed by atoms with Gasteiger partial charge in [0.05, 0.1) is 50.8 Å². The Hall–Kier alpha value is -4.06. The summed E-state index contributed by atoms with van der Waals surface area (Å²) in [4.78, 5) is 0. The van der Waals surface area contributed by atoms with Gasteiger partial charge >= 0.3 is 0 Å². The Morgan fingerprint density at radius 1 is 0.142 bits per heavy atom. The first-order chi connectivity index (χ1) is 73.1. The van der Waals surface area contributed by atoms with Crippen LogP contribution in [0, 0.1) is 35.5 Å². The Kier molecular flexibility index (Phi) is 100.0. The molecule has 0 saturated heterocycles. The van der Waals surface area contributed by atoms with Crippen LogP contribution in [0.15, 0.2) is 48.5 Å². The molecule has 6 nitrogen and oxygen atoms in total. The fraction of sp³-hybridized carbons (Fsp3) is 0.845. The molecule has 0 bridgehead atoms. The van der Waals surface area contributed by atoms with Gasteiger partial charge in [-0.3, -0.25) is 0 Å². The molecule has 0 aromatic heterocycles. The third kappa shape index (κ3) is 81.6. The van der Waals surface area contributed by atoms with Crippen LogP contribution >= 0.6 is 0 Å². The van der Waals surface area contributed by atoms with Crippen LogP contribution in [0.25, 0.3) is 24.3 Å². The molecule has 0 radical (unpaired) electrons. The average molecular weight is 2060 g/mol. The lowest BCUT2D eigenvalue weighted by Gasteiger charge is -2.23. The number of hydrogen-bond donors (Lipinski definition) is 0. The zero-order chi connectivity index (χ0) is 106. The van der Waals surface area contributed by atoms with Gasteiger partial charge < -0.3 is 28.4 Å². The number of benzene rings is 3. The standard InChI is InChI=1S/C142H258O6/c1-13-25-37-49-61-67-79-91-99-129(97-85-73-55-43-31-19-7)121-143-135-117-139(145-123-131(101-87-75-57-45-33-21-9)105-93-81-69-63-51-39-27-15-3)137(140(118-135)146-124-132(102-88-76-58-46-34-22-10)106-94-82-70-64-52-40-28-16-4)115-113-127-109-111-128(112-110-127)114-116-138-141(147-125-133(103-89-77-59-47-35-23-11)107-95-83-71-65-53-41-29-17-5)119-136(144-122-130(98-86-74-56-44-32-20-8)100-92-80-68-62-50-38-26-14-2)120-142(138)148-126-134(104-90-78-60-48-36-24-12)108-96-84-72-66-54-42-30-18-6/h109-120,129-134H,13-108,121-126H2,1-12H3. The summed E-state index contributed by atoms with van der Waals surface area (Å²) >= 11 is 0. The third-order valence-electron chi connectivity index (χ3n) is 33.4. The van der Waals surface area contributed by atoms with Crippen LogP contribution in [0.3, 0.4) is 0 Å². The molecule has 6 heteroatoms. The number of unbranched alkanes of at least 4 members (excludes halogenated alkanes) is 72. The van der Waals surface area contributed by atoms with E-state index in [0.29, 0.717) is 35.5 Å². The summed E-state index contributed by atoms with van der Waals surface area (Å²) in [5.41, 5.74) is 4.48. The quantitative estimate of drug-likeness (QED) is 0.0415. The van der Waals surface area contributed by atoms with Crippen molar-refractivity contribution in [3.63, 3.8) is 0 Å². The van der Waals surface area contributed by atoms with E-state index in [-0.39, 0.29) is 0 Å². The van der Waals surface area contributed by atoms with Crippen LogP contribution in [-0.4, -0.2) is 39.6 Å². The summed E-state index contributed by atoms with van der Waals surface area (Å²) < 4.78 is 45.3. The van der Waals surface area contributed by atoms with Crippen molar-refractivity contribution in [2.45, 2.75) is 699 Å². The Labute approximate surface area is 926 Å². The van der Waals surface area contributed by atoms with Crippen molar-refractivity contribution in [1.82, 2.24) is 0 Å². The fourth-order valence-corrected chi connectivity index (χ4v) is 23.0. The Bertz CT molecular complexity index is 2910. The minimum Gasteiger partial charge on any atom is -0.493 e. The molecule has 3 aromatic rings. The van der Waals surface area contributed by atoms with Crippen molar-refractivity contribution in [3.8, 4) is 34.5 Å². The van der Waals surface area contributed by atoms with Crippen LogP contribution in [-0.2, 0) is 0 Å². The largest absolute Gasteiger partial charge is 0.493 e. The molecule has 0 N–H and O–H groups in total. The van der Waals surface area contributed by atoms with Crippen LogP contribution in [0.1, 0.15) is 722 Å². The van der Waals surface area contributed by atoms with E-state index in [4.69, 9.17) is 28.4 Å². The summed E-state index contributed by atoms with van der Waals surface area (Å²) in [6.45, 7) is 32.6. The molecule has 0 aliphatic rings. The highest BCUT2D eigenvalue weighted by Gasteiger charge is 2.24. The second-order valence-corrected chi connectivity index (χ2v) is 48.0. The molecule has 6 unspecified atom stereocenters.